The number of aromatic hydroxyl groups is 1. The minimum atomic E-state index is 0.0212. The Labute approximate surface area is 133 Å². The standard InChI is InChI=1S/C15H11Br2NO2/c1-9(19)10-2-4-11(5-3-10)18-8-12-13(16)6-7-14(17)15(12)20/h2-8,20H,1H3. The Balaban J connectivity index is 2.30. The molecule has 0 unspecified atom stereocenters. The first kappa shape index (κ1) is 14.9. The van der Waals surface area contributed by atoms with Crippen LogP contribution >= 0.6 is 31.9 Å². The summed E-state index contributed by atoms with van der Waals surface area (Å²) in [6.45, 7) is 1.52. The second kappa shape index (κ2) is 6.33. The highest BCUT2D eigenvalue weighted by atomic mass is 79.9. The van der Waals surface area contributed by atoms with Gasteiger partial charge in [-0.05, 0) is 75.2 Å². The number of hydrogen-bond donors (Lipinski definition) is 1. The minimum absolute atomic E-state index is 0.0212. The molecular formula is C15H11Br2NO2. The van der Waals surface area contributed by atoms with E-state index in [4.69, 9.17) is 0 Å². The maximum Gasteiger partial charge on any atom is 0.159 e. The number of Topliss-reactive ketones (excluding diaryl/α,β-unsaturated/α-hetero) is 1. The molecule has 0 saturated carbocycles. The van der Waals surface area contributed by atoms with Gasteiger partial charge in [0.05, 0.1) is 10.2 Å². The summed E-state index contributed by atoms with van der Waals surface area (Å²) in [4.78, 5) is 15.5. The van der Waals surface area contributed by atoms with E-state index in [0.717, 1.165) is 4.47 Å². The summed E-state index contributed by atoms with van der Waals surface area (Å²) in [5.41, 5.74) is 1.95. The van der Waals surface area contributed by atoms with Crippen LogP contribution in [0.4, 0.5) is 5.69 Å². The first-order valence-corrected chi connectivity index (χ1v) is 7.39. The quantitative estimate of drug-likeness (QED) is 0.594. The van der Waals surface area contributed by atoms with E-state index in [2.05, 4.69) is 36.9 Å². The van der Waals surface area contributed by atoms with Crippen LogP contribution in [0.1, 0.15) is 22.8 Å². The number of phenolic OH excluding ortho intramolecular Hbond substituents is 1. The average Bonchev–Trinajstić information content (AvgIpc) is 2.43. The predicted molar refractivity (Wildman–Crippen MR) is 87.2 cm³/mol. The Bertz CT molecular complexity index is 679. The second-order valence-electron chi connectivity index (χ2n) is 4.15. The average molecular weight is 397 g/mol. The molecule has 1 N–H and O–H groups in total. The van der Waals surface area contributed by atoms with Crippen LogP contribution < -0.4 is 0 Å². The van der Waals surface area contributed by atoms with Gasteiger partial charge in [0.25, 0.3) is 0 Å². The van der Waals surface area contributed by atoms with Gasteiger partial charge in [-0.25, -0.2) is 0 Å². The van der Waals surface area contributed by atoms with Gasteiger partial charge in [-0.15, -0.1) is 0 Å². The highest BCUT2D eigenvalue weighted by Crippen LogP contribution is 2.32. The number of ketones is 1. The highest BCUT2D eigenvalue weighted by molar-refractivity contribution is 9.11. The molecule has 2 aromatic rings. The second-order valence-corrected chi connectivity index (χ2v) is 5.86. The molecule has 0 bridgehead atoms. The number of phenols is 1. The number of carbonyl (C=O) groups excluding carboxylic acids is 1. The van der Waals surface area contributed by atoms with Crippen molar-refractivity contribution in [3.63, 3.8) is 0 Å². The molecule has 0 heterocycles. The van der Waals surface area contributed by atoms with Crippen molar-refractivity contribution in [2.45, 2.75) is 6.92 Å². The van der Waals surface area contributed by atoms with Crippen LogP contribution in [0.15, 0.2) is 50.3 Å². The molecule has 0 aliphatic rings. The van der Waals surface area contributed by atoms with E-state index < -0.39 is 0 Å². The van der Waals surface area contributed by atoms with Gasteiger partial charge in [-0.1, -0.05) is 0 Å². The van der Waals surface area contributed by atoms with Crippen molar-refractivity contribution in [1.82, 2.24) is 0 Å². The summed E-state index contributed by atoms with van der Waals surface area (Å²) < 4.78 is 1.36. The van der Waals surface area contributed by atoms with E-state index in [-0.39, 0.29) is 11.5 Å². The fourth-order valence-electron chi connectivity index (χ4n) is 1.60. The van der Waals surface area contributed by atoms with Crippen LogP contribution in [0.5, 0.6) is 5.75 Å². The summed E-state index contributed by atoms with van der Waals surface area (Å²) in [5, 5.41) is 9.96. The van der Waals surface area contributed by atoms with Crippen molar-refractivity contribution in [2.75, 3.05) is 0 Å². The van der Waals surface area contributed by atoms with Gasteiger partial charge in [0.2, 0.25) is 0 Å². The monoisotopic (exact) mass is 395 g/mol. The number of carbonyl (C=O) groups is 1. The van der Waals surface area contributed by atoms with E-state index in [1.54, 1.807) is 36.5 Å². The third-order valence-electron chi connectivity index (χ3n) is 2.73. The number of hydrogen-bond acceptors (Lipinski definition) is 3. The van der Waals surface area contributed by atoms with E-state index in [9.17, 15) is 9.90 Å². The lowest BCUT2D eigenvalue weighted by Gasteiger charge is -2.04. The molecule has 0 spiro atoms. The number of aliphatic imine (C=N–C) groups is 1. The Morgan fingerprint density at radius 2 is 1.70 bits per heavy atom. The lowest BCUT2D eigenvalue weighted by atomic mass is 10.1. The molecule has 3 nitrogen and oxygen atoms in total. The van der Waals surface area contributed by atoms with Crippen LogP contribution in [0.2, 0.25) is 0 Å². The molecule has 0 saturated heterocycles. The maximum absolute atomic E-state index is 11.2. The first-order valence-electron chi connectivity index (χ1n) is 5.81. The fraction of sp³-hybridized carbons (Fsp3) is 0.0667. The van der Waals surface area contributed by atoms with Gasteiger partial charge in [-0.3, -0.25) is 9.79 Å². The van der Waals surface area contributed by atoms with E-state index >= 15 is 0 Å². The third kappa shape index (κ3) is 3.35. The van der Waals surface area contributed by atoms with Crippen molar-refractivity contribution in [2.24, 2.45) is 4.99 Å². The zero-order valence-electron chi connectivity index (χ0n) is 10.6. The van der Waals surface area contributed by atoms with Gasteiger partial charge in [-0.2, -0.15) is 0 Å². The summed E-state index contributed by atoms with van der Waals surface area (Å²) >= 11 is 6.63. The van der Waals surface area contributed by atoms with E-state index in [0.29, 0.717) is 21.3 Å². The number of halogens is 2. The van der Waals surface area contributed by atoms with Crippen molar-refractivity contribution in [3.8, 4) is 5.75 Å². The molecule has 0 amide bonds. The van der Waals surface area contributed by atoms with E-state index in [1.165, 1.54) is 6.92 Å². The summed E-state index contributed by atoms with van der Waals surface area (Å²) in [6, 6.07) is 10.5. The van der Waals surface area contributed by atoms with Crippen molar-refractivity contribution >= 4 is 49.5 Å². The normalized spacial score (nSPS) is 10.9. The maximum atomic E-state index is 11.2. The first-order chi connectivity index (χ1) is 9.49. The topological polar surface area (TPSA) is 49.7 Å². The smallest absolute Gasteiger partial charge is 0.159 e. The molecule has 20 heavy (non-hydrogen) atoms. The summed E-state index contributed by atoms with van der Waals surface area (Å²) in [7, 11) is 0. The lowest BCUT2D eigenvalue weighted by molar-refractivity contribution is 0.101. The van der Waals surface area contributed by atoms with Gasteiger partial charge < -0.3 is 5.11 Å². The molecule has 0 fully saturated rings. The Morgan fingerprint density at radius 3 is 2.30 bits per heavy atom. The van der Waals surface area contributed by atoms with Crippen LogP contribution in [-0.4, -0.2) is 17.1 Å². The van der Waals surface area contributed by atoms with Crippen molar-refractivity contribution in [3.05, 3.63) is 56.5 Å². The summed E-state index contributed by atoms with van der Waals surface area (Å²) in [5.74, 6) is 0.149. The molecule has 2 aromatic carbocycles. The van der Waals surface area contributed by atoms with Gasteiger partial charge in [0.1, 0.15) is 5.75 Å². The lowest BCUT2D eigenvalue weighted by Crippen LogP contribution is -1.90. The number of benzene rings is 2. The van der Waals surface area contributed by atoms with Gasteiger partial charge >= 0.3 is 0 Å². The molecular weight excluding hydrogens is 386 g/mol. The Kier molecular flexibility index (Phi) is 4.73. The molecule has 2 rings (SSSR count). The Morgan fingerprint density at radius 1 is 1.10 bits per heavy atom. The van der Waals surface area contributed by atoms with Crippen molar-refractivity contribution < 1.29 is 9.90 Å². The third-order valence-corrected chi connectivity index (χ3v) is 4.06. The molecule has 0 atom stereocenters. The molecule has 5 heteroatoms. The minimum Gasteiger partial charge on any atom is -0.506 e. The fourth-order valence-corrected chi connectivity index (χ4v) is 2.37. The van der Waals surface area contributed by atoms with E-state index in [1.807, 2.05) is 6.07 Å². The van der Waals surface area contributed by atoms with Gasteiger partial charge in [0.15, 0.2) is 5.78 Å². The molecule has 0 aliphatic carbocycles. The van der Waals surface area contributed by atoms with Crippen LogP contribution in [0.3, 0.4) is 0 Å². The Hall–Kier alpha value is -1.46. The van der Waals surface area contributed by atoms with Crippen LogP contribution in [0.25, 0.3) is 0 Å². The molecule has 0 aromatic heterocycles. The number of nitrogens with zero attached hydrogens (tertiary/aromatic N) is 1. The van der Waals surface area contributed by atoms with Crippen LogP contribution in [0, 0.1) is 0 Å². The van der Waals surface area contributed by atoms with Gasteiger partial charge in [0, 0.05) is 21.8 Å². The molecule has 102 valence electrons. The zero-order valence-corrected chi connectivity index (χ0v) is 13.8. The zero-order chi connectivity index (χ0) is 14.7. The number of rotatable bonds is 3. The largest absolute Gasteiger partial charge is 0.506 e. The highest BCUT2D eigenvalue weighted by Gasteiger charge is 2.07. The predicted octanol–water partition coefficient (Wildman–Crippen LogP) is 4.87. The molecule has 0 aliphatic heterocycles. The summed E-state index contributed by atoms with van der Waals surface area (Å²) in [6.07, 6.45) is 1.58. The van der Waals surface area contributed by atoms with Crippen LogP contribution in [-0.2, 0) is 0 Å². The molecule has 0 radical (unpaired) electrons. The van der Waals surface area contributed by atoms with Crippen molar-refractivity contribution in [1.29, 1.82) is 0 Å². The SMILES string of the molecule is CC(=O)c1ccc(N=Cc2c(Br)ccc(Br)c2O)cc1.